The van der Waals surface area contributed by atoms with Gasteiger partial charge in [-0.25, -0.2) is 13.4 Å². The van der Waals surface area contributed by atoms with E-state index >= 15 is 0 Å². The molecule has 1 aliphatic heterocycles. The number of piperidine rings is 1. The first-order valence-corrected chi connectivity index (χ1v) is 11.7. The van der Waals surface area contributed by atoms with Gasteiger partial charge in [-0.05, 0) is 86.4 Å². The van der Waals surface area contributed by atoms with E-state index in [9.17, 15) is 13.2 Å². The number of carbonyl (C=O) groups excluding carboxylic acids is 1. The van der Waals surface area contributed by atoms with Crippen LogP contribution in [-0.2, 0) is 27.7 Å². The highest BCUT2D eigenvalue weighted by Crippen LogP contribution is 2.28. The number of benzene rings is 1. The summed E-state index contributed by atoms with van der Waals surface area (Å²) in [5.74, 6) is 0.250. The molecule has 1 aliphatic carbocycles. The molecule has 7 heteroatoms. The van der Waals surface area contributed by atoms with Crippen LogP contribution in [-0.4, -0.2) is 36.7 Å². The average molecular weight is 414 g/mol. The summed E-state index contributed by atoms with van der Waals surface area (Å²) in [5.41, 5.74) is 3.47. The molecule has 2 heterocycles. The van der Waals surface area contributed by atoms with E-state index in [0.717, 1.165) is 30.4 Å². The first-order valence-electron chi connectivity index (χ1n) is 10.3. The van der Waals surface area contributed by atoms with E-state index in [1.54, 1.807) is 12.3 Å². The molecule has 1 aromatic heterocycles. The lowest BCUT2D eigenvalue weighted by atomic mass is 9.92. The number of anilines is 1. The molecule has 0 spiro atoms. The average Bonchev–Trinajstić information content (AvgIpc) is 2.73. The number of pyridine rings is 1. The van der Waals surface area contributed by atoms with E-state index in [1.807, 2.05) is 31.2 Å². The van der Waals surface area contributed by atoms with Crippen molar-refractivity contribution in [3.8, 4) is 0 Å². The Kier molecular flexibility index (Phi) is 5.69. The summed E-state index contributed by atoms with van der Waals surface area (Å²) >= 11 is 0. The molecule has 1 aromatic carbocycles. The Morgan fingerprint density at radius 2 is 1.79 bits per heavy atom. The van der Waals surface area contributed by atoms with Crippen molar-refractivity contribution >= 4 is 21.7 Å². The smallest absolute Gasteiger partial charge is 0.243 e. The van der Waals surface area contributed by atoms with Gasteiger partial charge in [-0.2, -0.15) is 4.31 Å². The van der Waals surface area contributed by atoms with E-state index in [4.69, 9.17) is 0 Å². The molecule has 1 saturated heterocycles. The highest BCUT2D eigenvalue weighted by Gasteiger charge is 2.32. The van der Waals surface area contributed by atoms with E-state index in [2.05, 4.69) is 10.3 Å². The SMILES string of the molecule is Cc1ccnc(NC(=O)C2CCN(S(=O)(=O)c3ccc4c(c3)CCCC4)CC2)c1. The van der Waals surface area contributed by atoms with E-state index in [1.165, 1.54) is 16.3 Å². The van der Waals surface area contributed by atoms with Crippen LogP contribution in [0, 0.1) is 12.8 Å². The Hall–Kier alpha value is -2.25. The van der Waals surface area contributed by atoms with Gasteiger partial charge in [0.25, 0.3) is 0 Å². The minimum atomic E-state index is -3.52. The van der Waals surface area contributed by atoms with E-state index in [0.29, 0.717) is 36.6 Å². The van der Waals surface area contributed by atoms with Crippen molar-refractivity contribution in [1.82, 2.24) is 9.29 Å². The maximum absolute atomic E-state index is 13.1. The Bertz CT molecular complexity index is 1010. The third kappa shape index (κ3) is 4.36. The Balaban J connectivity index is 1.40. The van der Waals surface area contributed by atoms with Crippen molar-refractivity contribution in [2.24, 2.45) is 5.92 Å². The molecule has 1 fully saturated rings. The number of hydrogen-bond acceptors (Lipinski definition) is 4. The minimum absolute atomic E-state index is 0.0890. The summed E-state index contributed by atoms with van der Waals surface area (Å²) in [6.07, 6.45) is 6.97. The molecule has 0 atom stereocenters. The van der Waals surface area contributed by atoms with Gasteiger partial charge in [0, 0.05) is 25.2 Å². The zero-order valence-corrected chi connectivity index (χ0v) is 17.5. The molecule has 1 amide bonds. The summed E-state index contributed by atoms with van der Waals surface area (Å²) in [6, 6.07) is 9.26. The molecule has 29 heavy (non-hydrogen) atoms. The van der Waals surface area contributed by atoms with Gasteiger partial charge in [-0.3, -0.25) is 4.79 Å². The Morgan fingerprint density at radius 3 is 2.52 bits per heavy atom. The van der Waals surface area contributed by atoms with Crippen LogP contribution in [0.4, 0.5) is 5.82 Å². The lowest BCUT2D eigenvalue weighted by Crippen LogP contribution is -2.41. The van der Waals surface area contributed by atoms with Gasteiger partial charge < -0.3 is 5.32 Å². The number of rotatable bonds is 4. The molecule has 154 valence electrons. The van der Waals surface area contributed by atoms with Gasteiger partial charge in [-0.1, -0.05) is 6.07 Å². The standard InChI is InChI=1S/C22H27N3O3S/c1-16-8-11-23-21(14-16)24-22(26)18-9-12-25(13-10-18)29(27,28)20-7-6-17-4-2-3-5-19(17)15-20/h6-8,11,14-15,18H,2-5,9-10,12-13H2,1H3,(H,23,24,26). The molecular formula is C22H27N3O3S. The van der Waals surface area contributed by atoms with Crippen LogP contribution in [0.25, 0.3) is 0 Å². The summed E-state index contributed by atoms with van der Waals surface area (Å²) in [5, 5.41) is 2.85. The van der Waals surface area contributed by atoms with Crippen LogP contribution in [0.2, 0.25) is 0 Å². The molecule has 0 bridgehead atoms. The highest BCUT2D eigenvalue weighted by atomic mass is 32.2. The first-order chi connectivity index (χ1) is 13.9. The normalized spacial score (nSPS) is 18.2. The molecule has 4 rings (SSSR count). The number of amides is 1. The molecule has 6 nitrogen and oxygen atoms in total. The van der Waals surface area contributed by atoms with Crippen LogP contribution in [0.1, 0.15) is 42.4 Å². The van der Waals surface area contributed by atoms with Gasteiger partial charge in [-0.15, -0.1) is 0 Å². The monoisotopic (exact) mass is 413 g/mol. The fourth-order valence-corrected chi connectivity index (χ4v) is 5.73. The molecular weight excluding hydrogens is 386 g/mol. The third-order valence-corrected chi connectivity index (χ3v) is 7.84. The van der Waals surface area contributed by atoms with Gasteiger partial charge >= 0.3 is 0 Å². The molecule has 1 N–H and O–H groups in total. The number of sulfonamides is 1. The second-order valence-corrected chi connectivity index (χ2v) is 9.96. The number of nitrogens with zero attached hydrogens (tertiary/aromatic N) is 2. The fraction of sp³-hybridized carbons (Fsp3) is 0.455. The predicted molar refractivity (Wildman–Crippen MR) is 112 cm³/mol. The summed E-state index contributed by atoms with van der Waals surface area (Å²) < 4.78 is 27.7. The maximum Gasteiger partial charge on any atom is 0.243 e. The number of aryl methyl sites for hydroxylation is 3. The van der Waals surface area contributed by atoms with Crippen LogP contribution < -0.4 is 5.32 Å². The van der Waals surface area contributed by atoms with Crippen LogP contribution in [0.5, 0.6) is 0 Å². The quantitative estimate of drug-likeness (QED) is 0.834. The lowest BCUT2D eigenvalue weighted by Gasteiger charge is -2.30. The van der Waals surface area contributed by atoms with Crippen molar-refractivity contribution in [1.29, 1.82) is 0 Å². The largest absolute Gasteiger partial charge is 0.310 e. The summed E-state index contributed by atoms with van der Waals surface area (Å²) in [6.45, 7) is 2.67. The van der Waals surface area contributed by atoms with Crippen molar-refractivity contribution in [2.45, 2.75) is 50.3 Å². The summed E-state index contributed by atoms with van der Waals surface area (Å²) in [7, 11) is -3.52. The van der Waals surface area contributed by atoms with Crippen molar-refractivity contribution in [3.05, 3.63) is 53.2 Å². The molecule has 0 unspecified atom stereocenters. The predicted octanol–water partition coefficient (Wildman–Crippen LogP) is 3.31. The second kappa shape index (κ2) is 8.24. The van der Waals surface area contributed by atoms with E-state index < -0.39 is 10.0 Å². The van der Waals surface area contributed by atoms with Gasteiger partial charge in [0.1, 0.15) is 5.82 Å². The number of hydrogen-bond donors (Lipinski definition) is 1. The van der Waals surface area contributed by atoms with Crippen LogP contribution in [0.3, 0.4) is 0 Å². The maximum atomic E-state index is 13.1. The number of aromatic nitrogens is 1. The second-order valence-electron chi connectivity index (χ2n) is 8.02. The number of nitrogens with one attached hydrogen (secondary N) is 1. The van der Waals surface area contributed by atoms with Crippen LogP contribution in [0.15, 0.2) is 41.4 Å². The van der Waals surface area contributed by atoms with Crippen LogP contribution >= 0.6 is 0 Å². The van der Waals surface area contributed by atoms with Crippen molar-refractivity contribution in [2.75, 3.05) is 18.4 Å². The Morgan fingerprint density at radius 1 is 1.07 bits per heavy atom. The third-order valence-electron chi connectivity index (χ3n) is 5.95. The van der Waals surface area contributed by atoms with Gasteiger partial charge in [0.2, 0.25) is 15.9 Å². The van der Waals surface area contributed by atoms with Crippen molar-refractivity contribution in [3.63, 3.8) is 0 Å². The van der Waals surface area contributed by atoms with Crippen molar-refractivity contribution < 1.29 is 13.2 Å². The fourth-order valence-electron chi connectivity index (χ4n) is 4.21. The van der Waals surface area contributed by atoms with Gasteiger partial charge in [0.15, 0.2) is 0 Å². The topological polar surface area (TPSA) is 79.4 Å². The zero-order valence-electron chi connectivity index (χ0n) is 16.7. The van der Waals surface area contributed by atoms with E-state index in [-0.39, 0.29) is 11.8 Å². The summed E-state index contributed by atoms with van der Waals surface area (Å²) in [4.78, 5) is 17.1. The lowest BCUT2D eigenvalue weighted by molar-refractivity contribution is -0.120. The number of carbonyl (C=O) groups is 1. The molecule has 2 aliphatic rings. The highest BCUT2D eigenvalue weighted by molar-refractivity contribution is 7.89. The minimum Gasteiger partial charge on any atom is -0.310 e. The molecule has 0 saturated carbocycles. The van der Waals surface area contributed by atoms with Gasteiger partial charge in [0.05, 0.1) is 4.90 Å². The molecule has 0 radical (unpaired) electrons. The Labute approximate surface area is 172 Å². The number of fused-ring (bicyclic) bond motifs is 1. The molecule has 2 aromatic rings. The first kappa shape index (κ1) is 20.0. The zero-order chi connectivity index (χ0) is 20.4.